The Balaban J connectivity index is 2.05. The van der Waals surface area contributed by atoms with Crippen molar-refractivity contribution in [3.63, 3.8) is 0 Å². The second-order valence-electron chi connectivity index (χ2n) is 6.63. The highest BCUT2D eigenvalue weighted by atomic mass is 32.1. The third-order valence-corrected chi connectivity index (χ3v) is 4.71. The molecule has 2 aromatic rings. The summed E-state index contributed by atoms with van der Waals surface area (Å²) >= 11 is 5.47. The first-order valence-electron chi connectivity index (χ1n) is 9.88. The van der Waals surface area contributed by atoms with E-state index in [2.05, 4.69) is 18.3 Å². The van der Waals surface area contributed by atoms with E-state index in [0.29, 0.717) is 42.5 Å². The van der Waals surface area contributed by atoms with Crippen LogP contribution < -0.4 is 10.1 Å². The highest BCUT2D eigenvalue weighted by Crippen LogP contribution is 2.18. The second-order valence-corrected chi connectivity index (χ2v) is 7.01. The summed E-state index contributed by atoms with van der Waals surface area (Å²) < 4.78 is 5.80. The number of ether oxygens (including phenoxy) is 1. The summed E-state index contributed by atoms with van der Waals surface area (Å²) in [6.45, 7) is 3.68. The molecule has 0 aliphatic carbocycles. The van der Waals surface area contributed by atoms with Gasteiger partial charge in [0.25, 0.3) is 5.91 Å². The monoisotopic (exact) mass is 409 g/mol. The average molecular weight is 410 g/mol. The van der Waals surface area contributed by atoms with Crippen LogP contribution in [0, 0.1) is 11.3 Å². The van der Waals surface area contributed by atoms with E-state index in [1.807, 2.05) is 41.3 Å². The van der Waals surface area contributed by atoms with Crippen LogP contribution in [0.3, 0.4) is 0 Å². The Morgan fingerprint density at radius 3 is 2.59 bits per heavy atom. The highest BCUT2D eigenvalue weighted by Gasteiger charge is 2.17. The Morgan fingerprint density at radius 2 is 1.86 bits per heavy atom. The molecule has 0 heterocycles. The largest absolute Gasteiger partial charge is 0.493 e. The lowest BCUT2D eigenvalue weighted by atomic mass is 10.2. The molecular formula is C23H27N3O2S. The van der Waals surface area contributed by atoms with Crippen LogP contribution in [0.1, 0.15) is 48.5 Å². The van der Waals surface area contributed by atoms with Crippen LogP contribution in [-0.2, 0) is 6.54 Å². The molecule has 5 nitrogen and oxygen atoms in total. The molecule has 0 unspecified atom stereocenters. The Kier molecular flexibility index (Phi) is 9.67. The number of para-hydroxylation sites is 1. The van der Waals surface area contributed by atoms with Gasteiger partial charge in [0.05, 0.1) is 24.7 Å². The predicted molar refractivity (Wildman–Crippen MR) is 119 cm³/mol. The molecule has 0 aromatic heterocycles. The molecule has 29 heavy (non-hydrogen) atoms. The first-order chi connectivity index (χ1) is 14.2. The fraction of sp³-hybridized carbons (Fsp3) is 0.348. The molecule has 1 N–H and O–H groups in total. The molecule has 0 fully saturated rings. The van der Waals surface area contributed by atoms with Crippen molar-refractivity contribution < 1.29 is 9.53 Å². The zero-order valence-electron chi connectivity index (χ0n) is 16.8. The molecule has 152 valence electrons. The van der Waals surface area contributed by atoms with E-state index in [1.165, 1.54) is 0 Å². The van der Waals surface area contributed by atoms with Crippen molar-refractivity contribution in [3.05, 3.63) is 65.7 Å². The van der Waals surface area contributed by atoms with E-state index >= 15 is 0 Å². The van der Waals surface area contributed by atoms with Crippen LogP contribution in [0.2, 0.25) is 0 Å². The lowest BCUT2D eigenvalue weighted by molar-refractivity contribution is 0.0969. The van der Waals surface area contributed by atoms with E-state index in [4.69, 9.17) is 22.2 Å². The fourth-order valence-electron chi connectivity index (χ4n) is 2.80. The van der Waals surface area contributed by atoms with Crippen LogP contribution in [0.25, 0.3) is 0 Å². The zero-order chi connectivity index (χ0) is 20.9. The van der Waals surface area contributed by atoms with Crippen molar-refractivity contribution in [1.29, 1.82) is 5.26 Å². The lowest BCUT2D eigenvalue weighted by Crippen LogP contribution is -2.42. The summed E-state index contributed by atoms with van der Waals surface area (Å²) in [6, 6.07) is 19.1. The molecule has 0 spiro atoms. The maximum atomic E-state index is 12.8. The van der Waals surface area contributed by atoms with Gasteiger partial charge in [-0.1, -0.05) is 62.2 Å². The molecule has 0 aliphatic rings. The smallest absolute Gasteiger partial charge is 0.261 e. The summed E-state index contributed by atoms with van der Waals surface area (Å²) in [7, 11) is 0. The molecule has 0 bridgehead atoms. The normalized spacial score (nSPS) is 10.1. The first kappa shape index (κ1) is 22.4. The number of nitrogens with one attached hydrogen (secondary N) is 1. The van der Waals surface area contributed by atoms with Crippen molar-refractivity contribution in [2.24, 2.45) is 0 Å². The third kappa shape index (κ3) is 7.55. The summed E-state index contributed by atoms with van der Waals surface area (Å²) in [6.07, 6.45) is 3.47. The number of carbonyl (C=O) groups excluding carboxylic acids is 1. The first-order valence-corrected chi connectivity index (χ1v) is 10.3. The van der Waals surface area contributed by atoms with Crippen molar-refractivity contribution in [3.8, 4) is 11.8 Å². The second kappa shape index (κ2) is 12.5. The topological polar surface area (TPSA) is 65.4 Å². The van der Waals surface area contributed by atoms with Crippen LogP contribution >= 0.6 is 12.2 Å². The zero-order valence-corrected chi connectivity index (χ0v) is 17.6. The van der Waals surface area contributed by atoms with Gasteiger partial charge in [0, 0.05) is 13.1 Å². The number of carbonyl (C=O) groups is 1. The van der Waals surface area contributed by atoms with Gasteiger partial charge >= 0.3 is 0 Å². The molecule has 0 aliphatic heterocycles. The van der Waals surface area contributed by atoms with Crippen molar-refractivity contribution in [2.45, 2.75) is 39.2 Å². The number of nitriles is 1. The van der Waals surface area contributed by atoms with Gasteiger partial charge in [0.2, 0.25) is 0 Å². The maximum Gasteiger partial charge on any atom is 0.261 e. The number of hydrogen-bond donors (Lipinski definition) is 1. The van der Waals surface area contributed by atoms with Crippen LogP contribution in [0.5, 0.6) is 5.75 Å². The number of amides is 1. The quantitative estimate of drug-likeness (QED) is 0.456. The lowest BCUT2D eigenvalue weighted by Gasteiger charge is -2.25. The average Bonchev–Trinajstić information content (AvgIpc) is 2.75. The number of rotatable bonds is 10. The molecule has 0 atom stereocenters. The SMILES string of the molecule is CCCCCOc1ccccc1C(=O)NC(=S)N(CCC#N)Cc1ccccc1. The Morgan fingerprint density at radius 1 is 1.14 bits per heavy atom. The maximum absolute atomic E-state index is 12.8. The Labute approximate surface area is 178 Å². The van der Waals surface area contributed by atoms with Crippen molar-refractivity contribution in [2.75, 3.05) is 13.2 Å². The number of unbranched alkanes of at least 4 members (excludes halogenated alkanes) is 2. The molecule has 6 heteroatoms. The Hall–Kier alpha value is -2.91. The summed E-state index contributed by atoms with van der Waals surface area (Å²) in [4.78, 5) is 14.7. The van der Waals surface area contributed by atoms with Gasteiger partial charge in [0.1, 0.15) is 5.75 Å². The van der Waals surface area contributed by atoms with E-state index in [9.17, 15) is 4.79 Å². The number of benzene rings is 2. The van der Waals surface area contributed by atoms with E-state index < -0.39 is 0 Å². The predicted octanol–water partition coefficient (Wildman–Crippen LogP) is 4.69. The number of nitrogens with zero attached hydrogens (tertiary/aromatic N) is 2. The number of hydrogen-bond acceptors (Lipinski definition) is 4. The molecule has 2 rings (SSSR count). The minimum Gasteiger partial charge on any atom is -0.493 e. The molecule has 0 saturated carbocycles. The molecule has 0 saturated heterocycles. The molecule has 2 aromatic carbocycles. The van der Waals surface area contributed by atoms with Gasteiger partial charge in [-0.25, -0.2) is 0 Å². The fourth-order valence-corrected chi connectivity index (χ4v) is 3.05. The van der Waals surface area contributed by atoms with E-state index in [1.54, 1.807) is 18.2 Å². The molecular weight excluding hydrogens is 382 g/mol. The molecule has 0 radical (unpaired) electrons. The molecule has 1 amide bonds. The highest BCUT2D eigenvalue weighted by molar-refractivity contribution is 7.80. The summed E-state index contributed by atoms with van der Waals surface area (Å²) in [5.74, 6) is 0.242. The minimum absolute atomic E-state index is 0.301. The van der Waals surface area contributed by atoms with Crippen LogP contribution in [0.4, 0.5) is 0 Å². The van der Waals surface area contributed by atoms with Crippen LogP contribution in [-0.4, -0.2) is 29.1 Å². The van der Waals surface area contributed by atoms with Gasteiger partial charge in [-0.05, 0) is 36.3 Å². The van der Waals surface area contributed by atoms with Crippen molar-refractivity contribution in [1.82, 2.24) is 10.2 Å². The van der Waals surface area contributed by atoms with Gasteiger partial charge < -0.3 is 9.64 Å². The van der Waals surface area contributed by atoms with Crippen molar-refractivity contribution >= 4 is 23.2 Å². The summed E-state index contributed by atoms with van der Waals surface area (Å²) in [5.41, 5.74) is 1.51. The summed E-state index contributed by atoms with van der Waals surface area (Å²) in [5, 5.41) is 12.1. The third-order valence-electron chi connectivity index (χ3n) is 4.35. The van der Waals surface area contributed by atoms with Gasteiger partial charge in [-0.15, -0.1) is 0 Å². The number of thiocarbonyl (C=S) groups is 1. The van der Waals surface area contributed by atoms with E-state index in [-0.39, 0.29) is 5.91 Å². The van der Waals surface area contributed by atoms with Gasteiger partial charge in [-0.2, -0.15) is 5.26 Å². The van der Waals surface area contributed by atoms with Gasteiger partial charge in [-0.3, -0.25) is 10.1 Å². The van der Waals surface area contributed by atoms with E-state index in [0.717, 1.165) is 24.8 Å². The minimum atomic E-state index is -0.309. The standard InChI is InChI=1S/C23H27N3O2S/c1-2-3-9-17-28-21-14-8-7-13-20(21)22(27)25-23(29)26(16-10-15-24)18-19-11-5-4-6-12-19/h4-8,11-14H,2-3,9-10,16-18H2,1H3,(H,25,27,29). The van der Waals surface area contributed by atoms with Gasteiger partial charge in [0.15, 0.2) is 5.11 Å². The Bertz CT molecular complexity index is 834. The van der Waals surface area contributed by atoms with Crippen LogP contribution in [0.15, 0.2) is 54.6 Å².